The topological polar surface area (TPSA) is 70.4 Å². The molecule has 3 aromatic rings. The lowest BCUT2D eigenvalue weighted by molar-refractivity contribution is -0.124. The summed E-state index contributed by atoms with van der Waals surface area (Å²) in [5.41, 5.74) is 5.75. The van der Waals surface area contributed by atoms with Crippen LogP contribution in [0, 0.1) is 0 Å². The van der Waals surface area contributed by atoms with E-state index in [1.54, 1.807) is 11.6 Å². The van der Waals surface area contributed by atoms with E-state index in [0.717, 1.165) is 42.4 Å². The van der Waals surface area contributed by atoms with Gasteiger partial charge in [-0.15, -0.1) is 0 Å². The van der Waals surface area contributed by atoms with Crippen LogP contribution in [0.2, 0.25) is 0 Å². The molecule has 2 N–H and O–H groups in total. The average Bonchev–Trinajstić information content (AvgIpc) is 3.15. The van der Waals surface area contributed by atoms with Crippen molar-refractivity contribution in [1.82, 2.24) is 19.9 Å². The van der Waals surface area contributed by atoms with Crippen molar-refractivity contribution in [1.29, 1.82) is 0 Å². The molecule has 0 aliphatic carbocycles. The van der Waals surface area contributed by atoms with Gasteiger partial charge in [0.2, 0.25) is 0 Å². The van der Waals surface area contributed by atoms with Crippen LogP contribution in [-0.2, 0) is 11.2 Å². The number of amides is 1. The zero-order chi connectivity index (χ0) is 20.6. The fourth-order valence-electron chi connectivity index (χ4n) is 3.52. The van der Waals surface area contributed by atoms with E-state index in [0.29, 0.717) is 6.04 Å². The Morgan fingerprint density at radius 3 is 2.76 bits per heavy atom. The van der Waals surface area contributed by atoms with Gasteiger partial charge >= 0.3 is 0 Å². The summed E-state index contributed by atoms with van der Waals surface area (Å²) in [7, 11) is 4.20. The highest BCUT2D eigenvalue weighted by Crippen LogP contribution is 2.26. The molecule has 3 rings (SSSR count). The highest BCUT2D eigenvalue weighted by Gasteiger charge is 2.15. The maximum absolute atomic E-state index is 11.2. The predicted molar refractivity (Wildman–Crippen MR) is 116 cm³/mol. The zero-order valence-corrected chi connectivity index (χ0v) is 17.0. The highest BCUT2D eigenvalue weighted by molar-refractivity contribution is 5.91. The van der Waals surface area contributed by atoms with Crippen molar-refractivity contribution in [3.8, 4) is 0 Å². The Balaban J connectivity index is 1.85. The Morgan fingerprint density at radius 1 is 1.24 bits per heavy atom. The van der Waals surface area contributed by atoms with Gasteiger partial charge in [-0.2, -0.15) is 0 Å². The number of hydroxylamine groups is 1. The van der Waals surface area contributed by atoms with E-state index in [1.165, 1.54) is 11.6 Å². The Morgan fingerprint density at radius 2 is 2.03 bits per heavy atom. The lowest BCUT2D eigenvalue weighted by Crippen LogP contribution is -2.17. The van der Waals surface area contributed by atoms with E-state index in [2.05, 4.69) is 52.8 Å². The molecule has 1 heterocycles. The van der Waals surface area contributed by atoms with Gasteiger partial charge in [-0.1, -0.05) is 36.4 Å². The van der Waals surface area contributed by atoms with Crippen LogP contribution in [0.5, 0.6) is 0 Å². The summed E-state index contributed by atoms with van der Waals surface area (Å²) in [6.07, 6.45) is 8.00. The van der Waals surface area contributed by atoms with Crippen molar-refractivity contribution in [3.63, 3.8) is 0 Å². The van der Waals surface area contributed by atoms with E-state index in [1.807, 2.05) is 30.6 Å². The van der Waals surface area contributed by atoms with Gasteiger partial charge in [0.1, 0.15) is 0 Å². The van der Waals surface area contributed by atoms with Gasteiger partial charge in [-0.3, -0.25) is 10.0 Å². The molecule has 2 aromatic carbocycles. The van der Waals surface area contributed by atoms with Gasteiger partial charge in [0.05, 0.1) is 17.4 Å². The molecule has 0 aliphatic rings. The number of rotatable bonds is 9. The molecule has 1 amide bonds. The molecular weight excluding hydrogens is 364 g/mol. The first-order valence-corrected chi connectivity index (χ1v) is 9.84. The van der Waals surface area contributed by atoms with Gasteiger partial charge in [0.25, 0.3) is 5.91 Å². The van der Waals surface area contributed by atoms with Crippen molar-refractivity contribution >= 4 is 23.0 Å². The van der Waals surface area contributed by atoms with Crippen molar-refractivity contribution < 1.29 is 10.0 Å². The summed E-state index contributed by atoms with van der Waals surface area (Å²) < 4.78 is 2.27. The van der Waals surface area contributed by atoms with Gasteiger partial charge < -0.3 is 9.47 Å². The van der Waals surface area contributed by atoms with Crippen molar-refractivity contribution in [3.05, 3.63) is 72.1 Å². The van der Waals surface area contributed by atoms with Crippen LogP contribution in [0.25, 0.3) is 17.1 Å². The van der Waals surface area contributed by atoms with Crippen molar-refractivity contribution in [2.24, 2.45) is 0 Å². The molecule has 0 aliphatic heterocycles. The molecule has 0 saturated heterocycles. The van der Waals surface area contributed by atoms with E-state index >= 15 is 0 Å². The van der Waals surface area contributed by atoms with Gasteiger partial charge in [-0.05, 0) is 69.2 Å². The predicted octanol–water partition coefficient (Wildman–Crippen LogP) is 3.68. The number of hydrogen-bond acceptors (Lipinski definition) is 4. The third-order valence-corrected chi connectivity index (χ3v) is 4.99. The average molecular weight is 393 g/mol. The van der Waals surface area contributed by atoms with Gasteiger partial charge in [-0.25, -0.2) is 10.5 Å². The molecule has 0 fully saturated rings. The quantitative estimate of drug-likeness (QED) is 0.331. The molecule has 6 heteroatoms. The molecule has 0 saturated carbocycles. The number of carbonyl (C=O) groups excluding carboxylic acids is 1. The second-order valence-corrected chi connectivity index (χ2v) is 7.50. The van der Waals surface area contributed by atoms with Crippen LogP contribution in [0.15, 0.2) is 60.9 Å². The number of hydrogen-bond donors (Lipinski definition) is 2. The summed E-state index contributed by atoms with van der Waals surface area (Å²) in [6, 6.07) is 16.8. The van der Waals surface area contributed by atoms with Crippen LogP contribution in [-0.4, -0.2) is 46.2 Å². The molecule has 29 heavy (non-hydrogen) atoms. The van der Waals surface area contributed by atoms with Crippen molar-refractivity contribution in [2.75, 3.05) is 20.6 Å². The fourth-order valence-corrected chi connectivity index (χ4v) is 3.52. The van der Waals surface area contributed by atoms with Crippen LogP contribution >= 0.6 is 0 Å². The van der Waals surface area contributed by atoms with Gasteiger partial charge in [0, 0.05) is 12.1 Å². The zero-order valence-electron chi connectivity index (χ0n) is 17.0. The third kappa shape index (κ3) is 5.76. The maximum Gasteiger partial charge on any atom is 0.267 e. The first-order valence-electron chi connectivity index (χ1n) is 9.84. The summed E-state index contributed by atoms with van der Waals surface area (Å²) in [4.78, 5) is 18.0. The summed E-state index contributed by atoms with van der Waals surface area (Å²) in [6.45, 7) is 1.06. The largest absolute Gasteiger partial charge is 0.327 e. The number of fused-ring (bicyclic) bond motifs is 1. The lowest BCUT2D eigenvalue weighted by atomic mass is 10.0. The number of nitrogens with one attached hydrogen (secondary N) is 1. The van der Waals surface area contributed by atoms with E-state index in [-0.39, 0.29) is 0 Å². The number of carbonyl (C=O) groups is 1. The second kappa shape index (κ2) is 10.0. The fraction of sp³-hybridized carbons (Fsp3) is 0.304. The minimum atomic E-state index is -0.556. The van der Waals surface area contributed by atoms with Crippen LogP contribution in [0.1, 0.15) is 30.0 Å². The Labute approximate surface area is 171 Å². The summed E-state index contributed by atoms with van der Waals surface area (Å²) in [5.74, 6) is -0.556. The standard InChI is InChI=1S/C23H28N4O2/c1-26(2)14-6-9-20(15-18-7-4-3-5-8-18)27-17-24-21-16-19(10-12-22(21)27)11-13-23(28)25-29/h3-5,7-8,10-13,16-17,20,29H,6,9,14-15H2,1-2H3,(H,25,28). The normalized spacial score (nSPS) is 12.7. The van der Waals surface area contributed by atoms with Crippen LogP contribution in [0.3, 0.4) is 0 Å². The molecule has 1 atom stereocenters. The molecule has 1 unspecified atom stereocenters. The molecule has 0 spiro atoms. The SMILES string of the molecule is CN(C)CCCC(Cc1ccccc1)n1cnc2cc(C=CC(=O)NO)ccc21. The van der Waals surface area contributed by atoms with E-state index in [9.17, 15) is 4.79 Å². The number of imidazole rings is 1. The number of benzene rings is 2. The maximum atomic E-state index is 11.2. The second-order valence-electron chi connectivity index (χ2n) is 7.50. The minimum Gasteiger partial charge on any atom is -0.327 e. The van der Waals surface area contributed by atoms with Crippen LogP contribution < -0.4 is 5.48 Å². The lowest BCUT2D eigenvalue weighted by Gasteiger charge is -2.21. The first-order chi connectivity index (χ1) is 14.1. The molecule has 1 aromatic heterocycles. The molecule has 152 valence electrons. The first kappa shape index (κ1) is 20.8. The molecule has 0 radical (unpaired) electrons. The Bertz CT molecular complexity index is 963. The van der Waals surface area contributed by atoms with Crippen LogP contribution in [0.4, 0.5) is 0 Å². The highest BCUT2D eigenvalue weighted by atomic mass is 16.5. The smallest absolute Gasteiger partial charge is 0.267 e. The molecule has 6 nitrogen and oxygen atoms in total. The summed E-state index contributed by atoms with van der Waals surface area (Å²) in [5, 5.41) is 8.61. The number of nitrogens with zero attached hydrogens (tertiary/aromatic N) is 3. The Hall–Kier alpha value is -2.96. The summed E-state index contributed by atoms with van der Waals surface area (Å²) >= 11 is 0. The number of aromatic nitrogens is 2. The van der Waals surface area contributed by atoms with E-state index < -0.39 is 5.91 Å². The van der Waals surface area contributed by atoms with E-state index in [4.69, 9.17) is 5.21 Å². The molecule has 0 bridgehead atoms. The van der Waals surface area contributed by atoms with Gasteiger partial charge in [0.15, 0.2) is 0 Å². The third-order valence-electron chi connectivity index (χ3n) is 4.99. The minimum absolute atomic E-state index is 0.323. The Kier molecular flexibility index (Phi) is 7.16. The molecular formula is C23H28N4O2. The monoisotopic (exact) mass is 392 g/mol. The van der Waals surface area contributed by atoms with Crippen molar-refractivity contribution in [2.45, 2.75) is 25.3 Å².